The number of methoxy groups -OCH3 is 1. The molecule has 1 rings (SSSR count). The number of rotatable bonds is 5. The standard InChI is InChI=1S/C12H14BrNO5/c1-7(2)11(12(15)18-3)19-10-6-8(14(16)17)4-5-9(10)13/h4-7,11H,1-3H3. The van der Waals surface area contributed by atoms with Crippen molar-refractivity contribution in [2.24, 2.45) is 5.92 Å². The van der Waals surface area contributed by atoms with E-state index in [9.17, 15) is 14.9 Å². The Morgan fingerprint density at radius 3 is 2.53 bits per heavy atom. The molecule has 0 N–H and O–H groups in total. The predicted molar refractivity (Wildman–Crippen MR) is 72.1 cm³/mol. The van der Waals surface area contributed by atoms with Crippen LogP contribution >= 0.6 is 15.9 Å². The van der Waals surface area contributed by atoms with Gasteiger partial charge in [0, 0.05) is 12.0 Å². The van der Waals surface area contributed by atoms with E-state index in [2.05, 4.69) is 20.7 Å². The lowest BCUT2D eigenvalue weighted by molar-refractivity contribution is -0.385. The van der Waals surface area contributed by atoms with Crippen LogP contribution in [-0.2, 0) is 9.53 Å². The molecule has 0 heterocycles. The van der Waals surface area contributed by atoms with Gasteiger partial charge in [-0.3, -0.25) is 10.1 Å². The molecule has 0 aliphatic rings. The Balaban J connectivity index is 3.05. The normalized spacial score (nSPS) is 12.1. The number of carbonyl (C=O) groups excluding carboxylic acids is 1. The maximum absolute atomic E-state index is 11.6. The summed E-state index contributed by atoms with van der Waals surface area (Å²) < 4.78 is 10.7. The van der Waals surface area contributed by atoms with Crippen LogP contribution < -0.4 is 4.74 Å². The smallest absolute Gasteiger partial charge is 0.347 e. The van der Waals surface area contributed by atoms with E-state index >= 15 is 0 Å². The molecule has 0 saturated heterocycles. The number of esters is 1. The maximum Gasteiger partial charge on any atom is 0.347 e. The fourth-order valence-electron chi connectivity index (χ4n) is 1.41. The van der Waals surface area contributed by atoms with E-state index in [0.717, 1.165) is 0 Å². The molecule has 104 valence electrons. The Bertz CT molecular complexity index is 489. The number of halogens is 1. The summed E-state index contributed by atoms with van der Waals surface area (Å²) in [5.41, 5.74) is -0.106. The lowest BCUT2D eigenvalue weighted by Crippen LogP contribution is -2.33. The molecule has 1 atom stereocenters. The van der Waals surface area contributed by atoms with Crippen LogP contribution in [0.1, 0.15) is 13.8 Å². The minimum atomic E-state index is -0.816. The number of non-ortho nitro benzene ring substituents is 1. The van der Waals surface area contributed by atoms with Crippen molar-refractivity contribution in [3.63, 3.8) is 0 Å². The topological polar surface area (TPSA) is 78.7 Å². The van der Waals surface area contributed by atoms with E-state index in [0.29, 0.717) is 4.47 Å². The van der Waals surface area contributed by atoms with Gasteiger partial charge in [0.05, 0.1) is 22.6 Å². The van der Waals surface area contributed by atoms with Crippen LogP contribution in [0.3, 0.4) is 0 Å². The minimum absolute atomic E-state index is 0.106. The molecule has 0 amide bonds. The second-order valence-corrected chi connectivity index (χ2v) is 5.03. The van der Waals surface area contributed by atoms with Gasteiger partial charge in [-0.1, -0.05) is 13.8 Å². The highest BCUT2D eigenvalue weighted by atomic mass is 79.9. The molecule has 0 aliphatic carbocycles. The van der Waals surface area contributed by atoms with Crippen LogP contribution in [0.15, 0.2) is 22.7 Å². The Morgan fingerprint density at radius 2 is 2.05 bits per heavy atom. The van der Waals surface area contributed by atoms with Gasteiger partial charge < -0.3 is 9.47 Å². The largest absolute Gasteiger partial charge is 0.477 e. The SMILES string of the molecule is COC(=O)C(Oc1cc([N+](=O)[O-])ccc1Br)C(C)C. The highest BCUT2D eigenvalue weighted by molar-refractivity contribution is 9.10. The minimum Gasteiger partial charge on any atom is -0.477 e. The molecule has 0 aromatic heterocycles. The lowest BCUT2D eigenvalue weighted by atomic mass is 10.1. The zero-order valence-electron chi connectivity index (χ0n) is 10.8. The van der Waals surface area contributed by atoms with Crippen LogP contribution in [0, 0.1) is 16.0 Å². The molecule has 1 aromatic carbocycles. The van der Waals surface area contributed by atoms with Crippen LogP contribution in [-0.4, -0.2) is 24.1 Å². The maximum atomic E-state index is 11.6. The van der Waals surface area contributed by atoms with Crippen molar-refractivity contribution in [1.29, 1.82) is 0 Å². The van der Waals surface area contributed by atoms with Gasteiger partial charge in [-0.25, -0.2) is 4.79 Å². The zero-order chi connectivity index (χ0) is 14.6. The fourth-order valence-corrected chi connectivity index (χ4v) is 1.75. The molecule has 0 fully saturated rings. The van der Waals surface area contributed by atoms with E-state index in [1.54, 1.807) is 13.8 Å². The van der Waals surface area contributed by atoms with Crippen molar-refractivity contribution in [3.05, 3.63) is 32.8 Å². The molecule has 0 radical (unpaired) electrons. The number of ether oxygens (including phenoxy) is 2. The number of hydrogen-bond acceptors (Lipinski definition) is 5. The van der Waals surface area contributed by atoms with Crippen molar-refractivity contribution in [1.82, 2.24) is 0 Å². The van der Waals surface area contributed by atoms with Gasteiger partial charge in [0.15, 0.2) is 6.10 Å². The van der Waals surface area contributed by atoms with Crippen LogP contribution in [0.25, 0.3) is 0 Å². The number of benzene rings is 1. The third kappa shape index (κ3) is 3.92. The average molecular weight is 332 g/mol. The van der Waals surface area contributed by atoms with Gasteiger partial charge in [0.1, 0.15) is 5.75 Å². The third-order valence-corrected chi connectivity index (χ3v) is 3.07. The molecular weight excluding hydrogens is 318 g/mol. The summed E-state index contributed by atoms with van der Waals surface area (Å²) in [7, 11) is 1.27. The van der Waals surface area contributed by atoms with E-state index in [1.165, 1.54) is 25.3 Å². The summed E-state index contributed by atoms with van der Waals surface area (Å²) >= 11 is 3.23. The van der Waals surface area contributed by atoms with Crippen LogP contribution in [0.5, 0.6) is 5.75 Å². The van der Waals surface area contributed by atoms with E-state index in [-0.39, 0.29) is 17.4 Å². The fraction of sp³-hybridized carbons (Fsp3) is 0.417. The Labute approximate surface area is 119 Å². The summed E-state index contributed by atoms with van der Waals surface area (Å²) in [5.74, 6) is -0.412. The molecule has 0 spiro atoms. The first-order valence-electron chi connectivity index (χ1n) is 5.55. The molecule has 6 nitrogen and oxygen atoms in total. The highest BCUT2D eigenvalue weighted by Gasteiger charge is 2.26. The summed E-state index contributed by atoms with van der Waals surface area (Å²) in [6.07, 6.45) is -0.816. The van der Waals surface area contributed by atoms with Gasteiger partial charge in [-0.05, 0) is 22.0 Å². The van der Waals surface area contributed by atoms with Crippen molar-refractivity contribution in [3.8, 4) is 5.75 Å². The van der Waals surface area contributed by atoms with Gasteiger partial charge in [0.25, 0.3) is 5.69 Å². The molecule has 0 saturated carbocycles. The van der Waals surface area contributed by atoms with Crippen molar-refractivity contribution in [2.45, 2.75) is 20.0 Å². The van der Waals surface area contributed by atoms with Crippen molar-refractivity contribution < 1.29 is 19.2 Å². The molecule has 0 aliphatic heterocycles. The van der Waals surface area contributed by atoms with E-state index in [4.69, 9.17) is 4.74 Å². The second kappa shape index (κ2) is 6.51. The summed E-state index contributed by atoms with van der Waals surface area (Å²) in [6.45, 7) is 3.60. The number of nitro benzene ring substituents is 1. The monoisotopic (exact) mass is 331 g/mol. The molecule has 1 unspecified atom stereocenters. The Hall–Kier alpha value is -1.63. The second-order valence-electron chi connectivity index (χ2n) is 4.18. The quantitative estimate of drug-likeness (QED) is 0.471. The third-order valence-electron chi connectivity index (χ3n) is 2.42. The Morgan fingerprint density at radius 1 is 1.42 bits per heavy atom. The van der Waals surface area contributed by atoms with Crippen molar-refractivity contribution in [2.75, 3.05) is 7.11 Å². The summed E-state index contributed by atoms with van der Waals surface area (Å²) in [4.78, 5) is 21.8. The predicted octanol–water partition coefficient (Wildman–Crippen LogP) is 2.93. The molecule has 19 heavy (non-hydrogen) atoms. The first-order chi connectivity index (χ1) is 8.86. The van der Waals surface area contributed by atoms with Crippen LogP contribution in [0.2, 0.25) is 0 Å². The first kappa shape index (κ1) is 15.4. The van der Waals surface area contributed by atoms with Gasteiger partial charge in [0.2, 0.25) is 0 Å². The number of nitrogens with zero attached hydrogens (tertiary/aromatic N) is 1. The first-order valence-corrected chi connectivity index (χ1v) is 6.34. The van der Waals surface area contributed by atoms with E-state index in [1.807, 2.05) is 0 Å². The van der Waals surface area contributed by atoms with Crippen molar-refractivity contribution >= 4 is 27.6 Å². The molecular formula is C12H14BrNO5. The van der Waals surface area contributed by atoms with Gasteiger partial charge >= 0.3 is 5.97 Å². The molecule has 0 bridgehead atoms. The highest BCUT2D eigenvalue weighted by Crippen LogP contribution is 2.31. The molecule has 1 aromatic rings. The zero-order valence-corrected chi connectivity index (χ0v) is 12.3. The average Bonchev–Trinajstić information content (AvgIpc) is 2.36. The van der Waals surface area contributed by atoms with Crippen LogP contribution in [0.4, 0.5) is 5.69 Å². The number of hydrogen-bond donors (Lipinski definition) is 0. The molecule has 7 heteroatoms. The number of nitro groups is 1. The summed E-state index contributed by atoms with van der Waals surface area (Å²) in [6, 6.07) is 4.12. The summed E-state index contributed by atoms with van der Waals surface area (Å²) in [5, 5.41) is 10.7. The van der Waals surface area contributed by atoms with Gasteiger partial charge in [-0.2, -0.15) is 0 Å². The van der Waals surface area contributed by atoms with E-state index < -0.39 is 17.0 Å². The Kier molecular flexibility index (Phi) is 5.29. The van der Waals surface area contributed by atoms with Gasteiger partial charge in [-0.15, -0.1) is 0 Å². The lowest BCUT2D eigenvalue weighted by Gasteiger charge is -2.20. The number of carbonyl (C=O) groups is 1.